The van der Waals surface area contributed by atoms with Gasteiger partial charge in [0.2, 0.25) is 5.91 Å². The number of rotatable bonds is 3. The lowest BCUT2D eigenvalue weighted by Crippen LogP contribution is -2.45. The zero-order chi connectivity index (χ0) is 17.3. The van der Waals surface area contributed by atoms with Crippen molar-refractivity contribution in [2.24, 2.45) is 5.92 Å². The molecule has 3 atom stereocenters. The number of ether oxygens (including phenoxy) is 2. The van der Waals surface area contributed by atoms with Crippen LogP contribution in [0.5, 0.6) is 5.75 Å². The lowest BCUT2D eigenvalue weighted by Gasteiger charge is -2.41. The van der Waals surface area contributed by atoms with Gasteiger partial charge in [-0.1, -0.05) is 24.6 Å². The van der Waals surface area contributed by atoms with Gasteiger partial charge in [-0.3, -0.25) is 4.79 Å². The summed E-state index contributed by atoms with van der Waals surface area (Å²) >= 11 is 0. The summed E-state index contributed by atoms with van der Waals surface area (Å²) in [4.78, 5) is 12.9. The minimum Gasteiger partial charge on any atom is -0.487 e. The largest absolute Gasteiger partial charge is 0.487 e. The second kappa shape index (κ2) is 6.99. The fourth-order valence-electron chi connectivity index (χ4n) is 4.96. The fourth-order valence-corrected chi connectivity index (χ4v) is 4.96. The molecule has 1 aromatic carbocycles. The SMILES string of the molecule is CO[C@@H]1CCC[C@H](C(=O)N[C@@H]2CC3(CCCC3)Oc3ccccc32)C1. The van der Waals surface area contributed by atoms with Gasteiger partial charge in [0.1, 0.15) is 11.4 Å². The summed E-state index contributed by atoms with van der Waals surface area (Å²) in [7, 11) is 1.75. The van der Waals surface area contributed by atoms with Crippen molar-refractivity contribution in [2.75, 3.05) is 7.11 Å². The highest BCUT2D eigenvalue weighted by atomic mass is 16.5. The smallest absolute Gasteiger partial charge is 0.223 e. The first-order valence-electron chi connectivity index (χ1n) is 9.80. The molecule has 2 aliphatic carbocycles. The van der Waals surface area contributed by atoms with E-state index < -0.39 is 0 Å². The first-order valence-corrected chi connectivity index (χ1v) is 9.80. The zero-order valence-electron chi connectivity index (χ0n) is 15.1. The predicted octanol–water partition coefficient (Wildman–Crippen LogP) is 4.14. The number of hydrogen-bond acceptors (Lipinski definition) is 3. The predicted molar refractivity (Wildman–Crippen MR) is 96.5 cm³/mol. The number of amides is 1. The molecule has 3 aliphatic rings. The van der Waals surface area contributed by atoms with Crippen molar-refractivity contribution in [1.29, 1.82) is 0 Å². The third kappa shape index (κ3) is 3.41. The van der Waals surface area contributed by atoms with E-state index in [1.54, 1.807) is 7.11 Å². The summed E-state index contributed by atoms with van der Waals surface area (Å²) in [6, 6.07) is 8.28. The van der Waals surface area contributed by atoms with Gasteiger partial charge in [0.05, 0.1) is 12.1 Å². The standard InChI is InChI=1S/C21H29NO3/c1-24-16-8-6-7-15(13-16)20(23)22-18-14-21(11-4-5-12-21)25-19-10-3-2-9-17(18)19/h2-3,9-10,15-16,18H,4-8,11-14H2,1H3,(H,22,23)/t15-,16+,18+/m0/s1. The molecule has 0 bridgehead atoms. The monoisotopic (exact) mass is 343 g/mol. The molecule has 0 aromatic heterocycles. The summed E-state index contributed by atoms with van der Waals surface area (Å²) in [5.41, 5.74) is 1.06. The van der Waals surface area contributed by atoms with Crippen LogP contribution in [0.15, 0.2) is 24.3 Å². The van der Waals surface area contributed by atoms with Gasteiger partial charge in [-0.25, -0.2) is 0 Å². The number of nitrogens with one attached hydrogen (secondary N) is 1. The van der Waals surface area contributed by atoms with Gasteiger partial charge in [-0.05, 0) is 51.0 Å². The Kier molecular flexibility index (Phi) is 4.72. The fraction of sp³-hybridized carbons (Fsp3) is 0.667. The Labute approximate surface area is 150 Å². The summed E-state index contributed by atoms with van der Waals surface area (Å²) in [6.45, 7) is 0. The second-order valence-corrected chi connectivity index (χ2v) is 8.02. The average molecular weight is 343 g/mol. The van der Waals surface area contributed by atoms with Gasteiger partial charge in [-0.2, -0.15) is 0 Å². The molecule has 25 heavy (non-hydrogen) atoms. The average Bonchev–Trinajstić information content (AvgIpc) is 3.09. The van der Waals surface area contributed by atoms with Crippen molar-refractivity contribution < 1.29 is 14.3 Å². The van der Waals surface area contributed by atoms with Crippen molar-refractivity contribution in [2.45, 2.75) is 75.5 Å². The zero-order valence-corrected chi connectivity index (χ0v) is 15.1. The van der Waals surface area contributed by atoms with Crippen LogP contribution in [-0.2, 0) is 9.53 Å². The van der Waals surface area contributed by atoms with Gasteiger partial charge in [0.25, 0.3) is 0 Å². The van der Waals surface area contributed by atoms with Crippen LogP contribution in [0.4, 0.5) is 0 Å². The van der Waals surface area contributed by atoms with Gasteiger partial charge in [-0.15, -0.1) is 0 Å². The number of carbonyl (C=O) groups excluding carboxylic acids is 1. The Morgan fingerprint density at radius 1 is 1.20 bits per heavy atom. The van der Waals surface area contributed by atoms with Gasteiger partial charge in [0.15, 0.2) is 0 Å². The van der Waals surface area contributed by atoms with Crippen molar-refractivity contribution in [3.63, 3.8) is 0 Å². The van der Waals surface area contributed by atoms with Crippen LogP contribution >= 0.6 is 0 Å². The van der Waals surface area contributed by atoms with Crippen molar-refractivity contribution in [3.05, 3.63) is 29.8 Å². The molecular formula is C21H29NO3. The Bertz CT molecular complexity index is 623. The van der Waals surface area contributed by atoms with Crippen LogP contribution < -0.4 is 10.1 Å². The van der Waals surface area contributed by atoms with Crippen molar-refractivity contribution in [3.8, 4) is 5.75 Å². The van der Waals surface area contributed by atoms with Gasteiger partial charge >= 0.3 is 0 Å². The highest BCUT2D eigenvalue weighted by Gasteiger charge is 2.43. The molecule has 4 rings (SSSR count). The second-order valence-electron chi connectivity index (χ2n) is 8.02. The van der Waals surface area contributed by atoms with Crippen molar-refractivity contribution >= 4 is 5.91 Å². The highest BCUT2D eigenvalue weighted by Crippen LogP contribution is 2.47. The molecule has 2 fully saturated rings. The normalized spacial score (nSPS) is 30.5. The van der Waals surface area contributed by atoms with E-state index in [0.29, 0.717) is 0 Å². The van der Waals surface area contributed by atoms with E-state index in [1.165, 1.54) is 12.8 Å². The first-order chi connectivity index (χ1) is 12.2. The maximum atomic E-state index is 12.9. The maximum Gasteiger partial charge on any atom is 0.223 e. The van der Waals surface area contributed by atoms with E-state index in [9.17, 15) is 4.79 Å². The molecule has 2 saturated carbocycles. The molecule has 136 valence electrons. The van der Waals surface area contributed by atoms with E-state index >= 15 is 0 Å². The molecule has 1 N–H and O–H groups in total. The summed E-state index contributed by atoms with van der Waals surface area (Å²) < 4.78 is 11.9. The van der Waals surface area contributed by atoms with Gasteiger partial charge < -0.3 is 14.8 Å². The number of hydrogen-bond donors (Lipinski definition) is 1. The lowest BCUT2D eigenvalue weighted by molar-refractivity contribution is -0.129. The molecule has 1 spiro atoms. The van der Waals surface area contributed by atoms with Crippen LogP contribution in [0, 0.1) is 5.92 Å². The maximum absolute atomic E-state index is 12.9. The number of methoxy groups -OCH3 is 1. The number of benzene rings is 1. The Morgan fingerprint density at radius 3 is 2.80 bits per heavy atom. The molecule has 1 aromatic rings. The third-order valence-corrected chi connectivity index (χ3v) is 6.36. The van der Waals surface area contributed by atoms with Crippen LogP contribution in [0.2, 0.25) is 0 Å². The number of para-hydroxylation sites is 1. The minimum absolute atomic E-state index is 0.0680. The van der Waals surface area contributed by atoms with Crippen LogP contribution in [0.3, 0.4) is 0 Å². The summed E-state index contributed by atoms with van der Waals surface area (Å²) in [5.74, 6) is 1.23. The lowest BCUT2D eigenvalue weighted by atomic mass is 9.84. The first kappa shape index (κ1) is 16.9. The highest BCUT2D eigenvalue weighted by molar-refractivity contribution is 5.79. The molecule has 0 unspecified atom stereocenters. The number of carbonyl (C=O) groups is 1. The molecule has 1 aliphatic heterocycles. The Morgan fingerprint density at radius 2 is 2.00 bits per heavy atom. The third-order valence-electron chi connectivity index (χ3n) is 6.36. The molecule has 0 radical (unpaired) electrons. The molecular weight excluding hydrogens is 314 g/mol. The Balaban J connectivity index is 1.51. The minimum atomic E-state index is -0.0755. The molecule has 1 heterocycles. The van der Waals surface area contributed by atoms with Crippen molar-refractivity contribution in [1.82, 2.24) is 5.32 Å². The Hall–Kier alpha value is -1.55. The van der Waals surface area contributed by atoms with Crippen LogP contribution in [-0.4, -0.2) is 24.7 Å². The van der Waals surface area contributed by atoms with E-state index in [0.717, 1.165) is 56.3 Å². The molecule has 1 amide bonds. The van der Waals surface area contributed by atoms with Crippen LogP contribution in [0.1, 0.15) is 69.4 Å². The number of fused-ring (bicyclic) bond motifs is 1. The topological polar surface area (TPSA) is 47.6 Å². The van der Waals surface area contributed by atoms with E-state index in [1.807, 2.05) is 12.1 Å². The van der Waals surface area contributed by atoms with Crippen LogP contribution in [0.25, 0.3) is 0 Å². The summed E-state index contributed by atoms with van der Waals surface area (Å²) in [6.07, 6.45) is 9.74. The van der Waals surface area contributed by atoms with Gasteiger partial charge in [0, 0.05) is 25.0 Å². The quantitative estimate of drug-likeness (QED) is 0.897. The summed E-state index contributed by atoms with van der Waals surface area (Å²) in [5, 5.41) is 3.37. The molecule has 0 saturated heterocycles. The van der Waals surface area contributed by atoms with E-state index in [4.69, 9.17) is 9.47 Å². The molecule has 4 nitrogen and oxygen atoms in total. The van der Waals surface area contributed by atoms with E-state index in [2.05, 4.69) is 17.4 Å². The van der Waals surface area contributed by atoms with E-state index in [-0.39, 0.29) is 29.6 Å². The molecule has 4 heteroatoms.